The zero-order valence-corrected chi connectivity index (χ0v) is 12.7. The average Bonchev–Trinajstić information content (AvgIpc) is 2.26. The molecule has 1 N–H and O–H groups in total. The molecule has 0 amide bonds. The summed E-state index contributed by atoms with van der Waals surface area (Å²) in [7, 11) is 0. The SMILES string of the molecule is CC(C)CNCC1(c2c(F)cccc2Cl)CC(C)C1. The van der Waals surface area contributed by atoms with Crippen molar-refractivity contribution in [1.29, 1.82) is 0 Å². The van der Waals surface area contributed by atoms with Crippen LogP contribution in [0.25, 0.3) is 0 Å². The van der Waals surface area contributed by atoms with Crippen LogP contribution in [0.3, 0.4) is 0 Å². The Kier molecular flexibility index (Phi) is 4.52. The maximum absolute atomic E-state index is 14.2. The minimum atomic E-state index is -0.161. The van der Waals surface area contributed by atoms with E-state index in [4.69, 9.17) is 11.6 Å². The first kappa shape index (κ1) is 14.8. The molecule has 106 valence electrons. The predicted molar refractivity (Wildman–Crippen MR) is 79.2 cm³/mol. The summed E-state index contributed by atoms with van der Waals surface area (Å²) in [5, 5.41) is 4.04. The highest BCUT2D eigenvalue weighted by atomic mass is 35.5. The molecule has 0 radical (unpaired) electrons. The molecule has 1 saturated carbocycles. The highest BCUT2D eigenvalue weighted by molar-refractivity contribution is 6.31. The molecule has 0 heterocycles. The zero-order valence-electron chi connectivity index (χ0n) is 12.0. The molecule has 1 nitrogen and oxygen atoms in total. The number of rotatable bonds is 5. The van der Waals surface area contributed by atoms with Gasteiger partial charge in [-0.25, -0.2) is 4.39 Å². The van der Waals surface area contributed by atoms with Gasteiger partial charge in [0.05, 0.1) is 0 Å². The second-order valence-electron chi connectivity index (χ2n) is 6.42. The van der Waals surface area contributed by atoms with E-state index in [-0.39, 0.29) is 11.2 Å². The first-order valence-electron chi connectivity index (χ1n) is 7.10. The van der Waals surface area contributed by atoms with Gasteiger partial charge in [-0.15, -0.1) is 0 Å². The van der Waals surface area contributed by atoms with E-state index in [1.54, 1.807) is 12.1 Å². The van der Waals surface area contributed by atoms with Crippen molar-refractivity contribution < 1.29 is 4.39 Å². The van der Waals surface area contributed by atoms with Gasteiger partial charge < -0.3 is 5.32 Å². The van der Waals surface area contributed by atoms with Gasteiger partial charge in [0.2, 0.25) is 0 Å². The Morgan fingerprint density at radius 1 is 1.42 bits per heavy atom. The van der Waals surface area contributed by atoms with E-state index in [9.17, 15) is 4.39 Å². The Hall–Kier alpha value is -0.600. The van der Waals surface area contributed by atoms with Gasteiger partial charge in [0.25, 0.3) is 0 Å². The fourth-order valence-corrected chi connectivity index (χ4v) is 3.68. The second kappa shape index (κ2) is 5.80. The highest BCUT2D eigenvalue weighted by Gasteiger charge is 2.45. The average molecular weight is 284 g/mol. The number of hydrogen-bond donors (Lipinski definition) is 1. The van der Waals surface area contributed by atoms with Crippen molar-refractivity contribution in [1.82, 2.24) is 5.32 Å². The van der Waals surface area contributed by atoms with Gasteiger partial charge in [-0.05, 0) is 43.4 Å². The van der Waals surface area contributed by atoms with Crippen molar-refractivity contribution in [3.63, 3.8) is 0 Å². The molecule has 1 aliphatic carbocycles. The van der Waals surface area contributed by atoms with Gasteiger partial charge in [-0.1, -0.05) is 38.4 Å². The zero-order chi connectivity index (χ0) is 14.0. The smallest absolute Gasteiger partial charge is 0.128 e. The van der Waals surface area contributed by atoms with E-state index in [2.05, 4.69) is 26.1 Å². The third kappa shape index (κ3) is 3.11. The lowest BCUT2D eigenvalue weighted by molar-refractivity contribution is 0.147. The Morgan fingerprint density at radius 3 is 2.63 bits per heavy atom. The predicted octanol–water partition coefficient (Wildman–Crippen LogP) is 4.39. The van der Waals surface area contributed by atoms with Gasteiger partial charge >= 0.3 is 0 Å². The van der Waals surface area contributed by atoms with E-state index >= 15 is 0 Å². The van der Waals surface area contributed by atoms with Crippen LogP contribution < -0.4 is 5.32 Å². The number of benzene rings is 1. The van der Waals surface area contributed by atoms with Crippen molar-refractivity contribution in [3.05, 3.63) is 34.6 Å². The molecule has 0 aromatic heterocycles. The summed E-state index contributed by atoms with van der Waals surface area (Å²) in [6.45, 7) is 8.35. The quantitative estimate of drug-likeness (QED) is 0.845. The molecule has 1 aliphatic rings. The minimum Gasteiger partial charge on any atom is -0.316 e. The maximum atomic E-state index is 14.2. The maximum Gasteiger partial charge on any atom is 0.128 e. The first-order chi connectivity index (χ1) is 8.94. The molecule has 3 heteroatoms. The number of nitrogens with one attached hydrogen (secondary N) is 1. The Bertz CT molecular complexity index is 418. The van der Waals surface area contributed by atoms with Gasteiger partial charge in [-0.2, -0.15) is 0 Å². The second-order valence-corrected chi connectivity index (χ2v) is 6.82. The lowest BCUT2D eigenvalue weighted by Gasteiger charge is -2.48. The lowest BCUT2D eigenvalue weighted by Crippen LogP contribution is -2.49. The summed E-state index contributed by atoms with van der Waals surface area (Å²) in [4.78, 5) is 0. The summed E-state index contributed by atoms with van der Waals surface area (Å²) in [6, 6.07) is 5.00. The van der Waals surface area contributed by atoms with Crippen molar-refractivity contribution in [3.8, 4) is 0 Å². The molecular weight excluding hydrogens is 261 g/mol. The van der Waals surface area contributed by atoms with E-state index in [0.717, 1.165) is 25.9 Å². The van der Waals surface area contributed by atoms with E-state index in [0.29, 0.717) is 22.4 Å². The van der Waals surface area contributed by atoms with E-state index < -0.39 is 0 Å². The molecule has 1 fully saturated rings. The normalized spacial score (nSPS) is 26.5. The molecule has 0 atom stereocenters. The van der Waals surface area contributed by atoms with Crippen LogP contribution in [0.1, 0.15) is 39.2 Å². The van der Waals surface area contributed by atoms with Crippen molar-refractivity contribution >= 4 is 11.6 Å². The van der Waals surface area contributed by atoms with Gasteiger partial charge in [-0.3, -0.25) is 0 Å². The summed E-state index contributed by atoms with van der Waals surface area (Å²) in [5.74, 6) is 1.09. The first-order valence-corrected chi connectivity index (χ1v) is 7.47. The third-order valence-corrected chi connectivity index (χ3v) is 4.30. The van der Waals surface area contributed by atoms with Crippen LogP contribution in [0.4, 0.5) is 4.39 Å². The number of halogens is 2. The molecular formula is C16H23ClFN. The fourth-order valence-electron chi connectivity index (χ4n) is 3.32. The summed E-state index contributed by atoms with van der Waals surface area (Å²) < 4.78 is 14.2. The summed E-state index contributed by atoms with van der Waals surface area (Å²) >= 11 is 6.25. The van der Waals surface area contributed by atoms with Crippen LogP contribution in [0, 0.1) is 17.7 Å². The Balaban J connectivity index is 2.20. The van der Waals surface area contributed by atoms with Crippen LogP contribution in [0.15, 0.2) is 18.2 Å². The molecule has 19 heavy (non-hydrogen) atoms. The van der Waals surface area contributed by atoms with Crippen molar-refractivity contribution in [2.24, 2.45) is 11.8 Å². The highest BCUT2D eigenvalue weighted by Crippen LogP contribution is 2.50. The molecule has 0 aliphatic heterocycles. The standard InChI is InChI=1S/C16H23ClFN/c1-11(2)9-19-10-16(7-12(3)8-16)15-13(17)5-4-6-14(15)18/h4-6,11-12,19H,7-10H2,1-3H3. The molecule has 0 bridgehead atoms. The summed E-state index contributed by atoms with van der Waals surface area (Å²) in [5.41, 5.74) is 0.600. The largest absolute Gasteiger partial charge is 0.316 e. The number of hydrogen-bond acceptors (Lipinski definition) is 1. The summed E-state index contributed by atoms with van der Waals surface area (Å²) in [6.07, 6.45) is 2.03. The topological polar surface area (TPSA) is 12.0 Å². The molecule has 1 aromatic carbocycles. The lowest BCUT2D eigenvalue weighted by atomic mass is 9.59. The van der Waals surface area contributed by atoms with Gasteiger partial charge in [0.1, 0.15) is 5.82 Å². The van der Waals surface area contributed by atoms with E-state index in [1.807, 2.05) is 0 Å². The monoisotopic (exact) mass is 283 g/mol. The minimum absolute atomic E-state index is 0.114. The molecule has 0 saturated heterocycles. The molecule has 0 spiro atoms. The van der Waals surface area contributed by atoms with Crippen LogP contribution in [-0.4, -0.2) is 13.1 Å². The van der Waals surface area contributed by atoms with Crippen LogP contribution in [0.5, 0.6) is 0 Å². The van der Waals surface area contributed by atoms with Crippen LogP contribution >= 0.6 is 11.6 Å². The van der Waals surface area contributed by atoms with Crippen molar-refractivity contribution in [2.75, 3.05) is 13.1 Å². The van der Waals surface area contributed by atoms with E-state index in [1.165, 1.54) is 6.07 Å². The van der Waals surface area contributed by atoms with Crippen molar-refractivity contribution in [2.45, 2.75) is 39.0 Å². The Morgan fingerprint density at radius 2 is 2.11 bits per heavy atom. The molecule has 2 rings (SSSR count). The van der Waals surface area contributed by atoms with Gasteiger partial charge in [0.15, 0.2) is 0 Å². The molecule has 0 unspecified atom stereocenters. The fraction of sp³-hybridized carbons (Fsp3) is 0.625. The molecule has 1 aromatic rings. The van der Waals surface area contributed by atoms with Crippen LogP contribution in [-0.2, 0) is 5.41 Å². The third-order valence-electron chi connectivity index (χ3n) is 3.99. The Labute approximate surface area is 120 Å². The van der Waals surface area contributed by atoms with Gasteiger partial charge in [0, 0.05) is 22.5 Å². The van der Waals surface area contributed by atoms with Crippen LogP contribution in [0.2, 0.25) is 5.02 Å².